The van der Waals surface area contributed by atoms with Crippen molar-refractivity contribution in [1.82, 2.24) is 19.7 Å². The summed E-state index contributed by atoms with van der Waals surface area (Å²) in [4.78, 5) is 31.1. The number of ether oxygens (including phenoxy) is 1. The van der Waals surface area contributed by atoms with Gasteiger partial charge in [-0.15, -0.1) is 10.2 Å². The van der Waals surface area contributed by atoms with Gasteiger partial charge in [0, 0.05) is 31.9 Å². The Balaban J connectivity index is 1.67. The molecule has 3 aromatic rings. The third kappa shape index (κ3) is 5.46. The summed E-state index contributed by atoms with van der Waals surface area (Å²) in [5.41, 5.74) is 2.57. The number of amides is 1. The van der Waals surface area contributed by atoms with E-state index in [2.05, 4.69) is 26.6 Å². The molecule has 0 spiro atoms. The Morgan fingerprint density at radius 1 is 1.25 bits per heavy atom. The summed E-state index contributed by atoms with van der Waals surface area (Å²) >= 11 is 2.41. The molecule has 9 nitrogen and oxygen atoms in total. The Bertz CT molecular complexity index is 1110. The molecule has 1 aromatic carbocycles. The van der Waals surface area contributed by atoms with Crippen LogP contribution in [-0.2, 0) is 16.1 Å². The third-order valence-corrected chi connectivity index (χ3v) is 6.51. The Labute approximate surface area is 195 Å². The number of thiazole rings is 1. The highest BCUT2D eigenvalue weighted by Crippen LogP contribution is 2.27. The molecule has 1 N–H and O–H groups in total. The molecular formula is C21H26N6O3S2. The zero-order valence-corrected chi connectivity index (χ0v) is 20.3. The van der Waals surface area contributed by atoms with Crippen LogP contribution in [0, 0.1) is 6.92 Å². The van der Waals surface area contributed by atoms with Crippen LogP contribution in [0.3, 0.4) is 0 Å². The molecule has 32 heavy (non-hydrogen) atoms. The Morgan fingerprint density at radius 3 is 2.72 bits per heavy atom. The zero-order valence-electron chi connectivity index (χ0n) is 18.7. The minimum Gasteiger partial charge on any atom is -0.462 e. The summed E-state index contributed by atoms with van der Waals surface area (Å²) in [5.74, 6) is 0.234. The number of carbonyl (C=O) groups excluding carboxylic acids is 2. The van der Waals surface area contributed by atoms with Crippen molar-refractivity contribution in [3.8, 4) is 11.4 Å². The van der Waals surface area contributed by atoms with E-state index < -0.39 is 5.97 Å². The topological polar surface area (TPSA) is 102 Å². The third-order valence-electron chi connectivity index (χ3n) is 4.49. The molecule has 0 atom stereocenters. The van der Waals surface area contributed by atoms with Gasteiger partial charge in [-0.25, -0.2) is 9.78 Å². The van der Waals surface area contributed by atoms with Crippen LogP contribution in [0.25, 0.3) is 11.4 Å². The van der Waals surface area contributed by atoms with Crippen LogP contribution in [0.2, 0.25) is 0 Å². The molecule has 1 amide bonds. The average molecular weight is 475 g/mol. The van der Waals surface area contributed by atoms with Gasteiger partial charge in [-0.3, -0.25) is 4.79 Å². The molecule has 2 heterocycles. The molecule has 0 saturated heterocycles. The summed E-state index contributed by atoms with van der Waals surface area (Å²) in [6.07, 6.45) is 0. The lowest BCUT2D eigenvalue weighted by atomic mass is 10.2. The number of carbonyl (C=O) groups is 2. The highest BCUT2D eigenvalue weighted by Gasteiger charge is 2.19. The van der Waals surface area contributed by atoms with Crippen LogP contribution in [0.5, 0.6) is 0 Å². The standard InChI is InChI=1S/C21H26N6O3S2/c1-6-27-18(14-9-8-10-15(11-14)26(4)5)24-25-21(27)31-12-16(28)23-20-22-13(3)17(32-20)19(29)30-7-2/h8-11H,6-7,12H2,1-5H3,(H,22,23,28). The Morgan fingerprint density at radius 2 is 2.03 bits per heavy atom. The monoisotopic (exact) mass is 474 g/mol. The van der Waals surface area contributed by atoms with E-state index in [1.165, 1.54) is 11.8 Å². The number of benzene rings is 1. The first-order valence-electron chi connectivity index (χ1n) is 10.1. The number of hydrogen-bond donors (Lipinski definition) is 1. The molecular weight excluding hydrogens is 448 g/mol. The van der Waals surface area contributed by atoms with Gasteiger partial charge in [-0.2, -0.15) is 0 Å². The van der Waals surface area contributed by atoms with E-state index in [0.717, 1.165) is 28.4 Å². The first kappa shape index (κ1) is 23.7. The highest BCUT2D eigenvalue weighted by atomic mass is 32.2. The normalized spacial score (nSPS) is 10.8. The molecule has 0 unspecified atom stereocenters. The van der Waals surface area contributed by atoms with Crippen molar-refractivity contribution in [2.24, 2.45) is 0 Å². The molecule has 170 valence electrons. The van der Waals surface area contributed by atoms with E-state index >= 15 is 0 Å². The van der Waals surface area contributed by atoms with Crippen LogP contribution < -0.4 is 10.2 Å². The fourth-order valence-corrected chi connectivity index (χ4v) is 4.62. The lowest BCUT2D eigenvalue weighted by Crippen LogP contribution is -2.14. The van der Waals surface area contributed by atoms with E-state index in [0.29, 0.717) is 27.4 Å². The van der Waals surface area contributed by atoms with Crippen molar-refractivity contribution >= 4 is 45.8 Å². The number of hydrogen-bond acceptors (Lipinski definition) is 9. The largest absolute Gasteiger partial charge is 0.462 e. The van der Waals surface area contributed by atoms with Crippen molar-refractivity contribution in [2.45, 2.75) is 32.5 Å². The predicted octanol–water partition coefficient (Wildman–Crippen LogP) is 3.70. The Hall–Kier alpha value is -2.92. The molecule has 0 aliphatic heterocycles. The van der Waals surface area contributed by atoms with Crippen LogP contribution in [0.4, 0.5) is 10.8 Å². The van der Waals surface area contributed by atoms with Gasteiger partial charge in [-0.05, 0) is 32.9 Å². The average Bonchev–Trinajstić information content (AvgIpc) is 3.35. The second-order valence-electron chi connectivity index (χ2n) is 6.99. The van der Waals surface area contributed by atoms with Gasteiger partial charge in [0.25, 0.3) is 0 Å². The number of anilines is 2. The van der Waals surface area contributed by atoms with Gasteiger partial charge in [0.05, 0.1) is 18.1 Å². The number of aryl methyl sites for hydroxylation is 1. The van der Waals surface area contributed by atoms with Gasteiger partial charge in [0.2, 0.25) is 5.91 Å². The summed E-state index contributed by atoms with van der Waals surface area (Å²) in [6.45, 7) is 6.43. The molecule has 0 bridgehead atoms. The maximum atomic E-state index is 12.5. The molecule has 0 aliphatic carbocycles. The van der Waals surface area contributed by atoms with Gasteiger partial charge in [0.15, 0.2) is 16.1 Å². The minimum absolute atomic E-state index is 0.142. The highest BCUT2D eigenvalue weighted by molar-refractivity contribution is 7.99. The second kappa shape index (κ2) is 10.6. The molecule has 0 aliphatic rings. The zero-order chi connectivity index (χ0) is 23.3. The molecule has 0 radical (unpaired) electrons. The number of rotatable bonds is 9. The SMILES string of the molecule is CCOC(=O)c1sc(NC(=O)CSc2nnc(-c3cccc(N(C)C)c3)n2CC)nc1C. The van der Waals surface area contributed by atoms with Gasteiger partial charge >= 0.3 is 5.97 Å². The number of nitrogens with one attached hydrogen (secondary N) is 1. The lowest BCUT2D eigenvalue weighted by molar-refractivity contribution is -0.113. The van der Waals surface area contributed by atoms with Crippen molar-refractivity contribution in [2.75, 3.05) is 36.7 Å². The maximum absolute atomic E-state index is 12.5. The van der Waals surface area contributed by atoms with E-state index in [1.54, 1.807) is 13.8 Å². The van der Waals surface area contributed by atoms with E-state index in [9.17, 15) is 9.59 Å². The number of thioether (sulfide) groups is 1. The number of esters is 1. The number of nitrogens with zero attached hydrogens (tertiary/aromatic N) is 5. The fourth-order valence-electron chi connectivity index (χ4n) is 2.94. The quantitative estimate of drug-likeness (QED) is 0.370. The molecule has 11 heteroatoms. The van der Waals surface area contributed by atoms with Gasteiger partial charge in [-0.1, -0.05) is 35.2 Å². The summed E-state index contributed by atoms with van der Waals surface area (Å²) in [7, 11) is 3.98. The van der Waals surface area contributed by atoms with E-state index in [4.69, 9.17) is 4.74 Å². The van der Waals surface area contributed by atoms with E-state index in [1.807, 2.05) is 48.7 Å². The predicted molar refractivity (Wildman–Crippen MR) is 128 cm³/mol. The molecule has 3 rings (SSSR count). The first-order valence-corrected chi connectivity index (χ1v) is 11.9. The van der Waals surface area contributed by atoms with Crippen molar-refractivity contribution in [1.29, 1.82) is 0 Å². The number of aromatic nitrogens is 4. The summed E-state index contributed by atoms with van der Waals surface area (Å²) in [6, 6.07) is 8.07. The van der Waals surface area contributed by atoms with E-state index in [-0.39, 0.29) is 18.3 Å². The van der Waals surface area contributed by atoms with Crippen molar-refractivity contribution in [3.05, 3.63) is 34.8 Å². The molecule has 0 fully saturated rings. The minimum atomic E-state index is -0.431. The molecule has 2 aromatic heterocycles. The smallest absolute Gasteiger partial charge is 0.350 e. The molecule has 0 saturated carbocycles. The van der Waals surface area contributed by atoms with Gasteiger partial charge < -0.3 is 19.5 Å². The second-order valence-corrected chi connectivity index (χ2v) is 8.93. The van der Waals surface area contributed by atoms with Crippen molar-refractivity contribution < 1.29 is 14.3 Å². The van der Waals surface area contributed by atoms with Crippen LogP contribution in [-0.4, -0.2) is 58.1 Å². The van der Waals surface area contributed by atoms with Gasteiger partial charge in [0.1, 0.15) is 4.88 Å². The maximum Gasteiger partial charge on any atom is 0.350 e. The van der Waals surface area contributed by atoms with Crippen LogP contribution in [0.1, 0.15) is 29.2 Å². The summed E-state index contributed by atoms with van der Waals surface area (Å²) in [5, 5.41) is 12.4. The fraction of sp³-hybridized carbons (Fsp3) is 0.381. The summed E-state index contributed by atoms with van der Waals surface area (Å²) < 4.78 is 7.00. The van der Waals surface area contributed by atoms with Crippen LogP contribution in [0.15, 0.2) is 29.4 Å². The first-order chi connectivity index (χ1) is 15.3. The Kier molecular flexibility index (Phi) is 7.86. The lowest BCUT2D eigenvalue weighted by Gasteiger charge is -2.14. The van der Waals surface area contributed by atoms with Crippen molar-refractivity contribution in [3.63, 3.8) is 0 Å². The van der Waals surface area contributed by atoms with Crippen LogP contribution >= 0.6 is 23.1 Å².